The van der Waals surface area contributed by atoms with Crippen LogP contribution in [0.3, 0.4) is 0 Å². The van der Waals surface area contributed by atoms with Gasteiger partial charge in [0.05, 0.1) is 0 Å². The first-order chi connectivity index (χ1) is 7.29. The van der Waals surface area contributed by atoms with E-state index >= 15 is 0 Å². The van der Waals surface area contributed by atoms with Crippen molar-refractivity contribution in [2.75, 3.05) is 0 Å². The molecule has 0 saturated heterocycles. The maximum absolute atomic E-state index is 12.1. The highest BCUT2D eigenvalue weighted by molar-refractivity contribution is 9.09. The number of benzene rings is 1. The SMILES string of the molecule is O=C1C2=C(C=CCC2Br)c2ccccc21. The Morgan fingerprint density at radius 1 is 1.20 bits per heavy atom. The second kappa shape index (κ2) is 3.17. The summed E-state index contributed by atoms with van der Waals surface area (Å²) in [6.45, 7) is 0. The molecule has 3 rings (SSSR count). The van der Waals surface area contributed by atoms with E-state index in [0.29, 0.717) is 0 Å². The summed E-state index contributed by atoms with van der Waals surface area (Å²) in [7, 11) is 0. The molecule has 2 aliphatic carbocycles. The maximum Gasteiger partial charge on any atom is 0.191 e. The monoisotopic (exact) mass is 260 g/mol. The van der Waals surface area contributed by atoms with Crippen molar-refractivity contribution in [3.63, 3.8) is 0 Å². The third-order valence-corrected chi connectivity index (χ3v) is 3.77. The number of hydrogen-bond acceptors (Lipinski definition) is 1. The van der Waals surface area contributed by atoms with Crippen molar-refractivity contribution in [1.29, 1.82) is 0 Å². The lowest BCUT2D eigenvalue weighted by atomic mass is 9.98. The van der Waals surface area contributed by atoms with E-state index in [4.69, 9.17) is 0 Å². The zero-order valence-corrected chi connectivity index (χ0v) is 9.62. The molecule has 2 aliphatic rings. The van der Waals surface area contributed by atoms with Crippen molar-refractivity contribution in [3.05, 3.63) is 53.1 Å². The predicted octanol–water partition coefficient (Wildman–Crippen LogP) is 3.36. The fourth-order valence-electron chi connectivity index (χ4n) is 2.24. The molecule has 0 aliphatic heterocycles. The minimum atomic E-state index is 0.178. The fraction of sp³-hybridized carbons (Fsp3) is 0.154. The summed E-state index contributed by atoms with van der Waals surface area (Å²) in [6.07, 6.45) is 5.09. The Labute approximate surface area is 96.6 Å². The number of fused-ring (bicyclic) bond motifs is 2. The molecule has 0 spiro atoms. The van der Waals surface area contributed by atoms with Crippen LogP contribution in [0.2, 0.25) is 0 Å². The van der Waals surface area contributed by atoms with Gasteiger partial charge >= 0.3 is 0 Å². The number of rotatable bonds is 0. The number of halogens is 1. The standard InChI is InChI=1S/C13H9BrO/c14-11-7-3-6-9-8-4-1-2-5-10(8)13(15)12(9)11/h1-6,11H,7H2. The van der Waals surface area contributed by atoms with Gasteiger partial charge in [-0.15, -0.1) is 0 Å². The molecule has 74 valence electrons. The average molecular weight is 261 g/mol. The number of alkyl halides is 1. The molecule has 1 nitrogen and oxygen atoms in total. The van der Waals surface area contributed by atoms with E-state index in [9.17, 15) is 4.79 Å². The fourth-order valence-corrected chi connectivity index (χ4v) is 2.91. The van der Waals surface area contributed by atoms with E-state index in [1.807, 2.05) is 24.3 Å². The molecule has 1 unspecified atom stereocenters. The molecular weight excluding hydrogens is 252 g/mol. The second-order valence-electron chi connectivity index (χ2n) is 3.81. The third kappa shape index (κ3) is 1.18. The molecule has 1 aromatic rings. The molecule has 0 fully saturated rings. The van der Waals surface area contributed by atoms with Crippen molar-refractivity contribution in [2.45, 2.75) is 11.2 Å². The quantitative estimate of drug-likeness (QED) is 0.654. The zero-order chi connectivity index (χ0) is 10.4. The van der Waals surface area contributed by atoms with Crippen LogP contribution in [0.4, 0.5) is 0 Å². The number of Topliss-reactive ketones (excluding diaryl/α,β-unsaturated/α-hetero) is 1. The number of hydrogen-bond donors (Lipinski definition) is 0. The maximum atomic E-state index is 12.1. The number of carbonyl (C=O) groups is 1. The van der Waals surface area contributed by atoms with Crippen LogP contribution in [0.15, 0.2) is 42.0 Å². The second-order valence-corrected chi connectivity index (χ2v) is 4.91. The van der Waals surface area contributed by atoms with E-state index in [2.05, 4.69) is 28.1 Å². The lowest BCUT2D eigenvalue weighted by Gasteiger charge is -2.13. The first-order valence-corrected chi connectivity index (χ1v) is 5.89. The van der Waals surface area contributed by atoms with Crippen molar-refractivity contribution >= 4 is 27.3 Å². The summed E-state index contributed by atoms with van der Waals surface area (Å²) >= 11 is 3.56. The Kier molecular flexibility index (Phi) is 1.93. The zero-order valence-electron chi connectivity index (χ0n) is 8.03. The molecule has 15 heavy (non-hydrogen) atoms. The first-order valence-electron chi connectivity index (χ1n) is 4.98. The van der Waals surface area contributed by atoms with Gasteiger partial charge in [-0.05, 0) is 17.6 Å². The highest BCUT2D eigenvalue weighted by Crippen LogP contribution is 2.40. The van der Waals surface area contributed by atoms with E-state index in [0.717, 1.165) is 28.7 Å². The Morgan fingerprint density at radius 2 is 1.93 bits per heavy atom. The van der Waals surface area contributed by atoms with Crippen molar-refractivity contribution in [2.24, 2.45) is 0 Å². The van der Waals surface area contributed by atoms with Crippen LogP contribution in [0.25, 0.3) is 5.57 Å². The Hall–Kier alpha value is -1.15. The summed E-state index contributed by atoms with van der Waals surface area (Å²) in [6, 6.07) is 7.82. The lowest BCUT2D eigenvalue weighted by Crippen LogP contribution is -2.11. The molecule has 0 bridgehead atoms. The smallest absolute Gasteiger partial charge is 0.191 e. The van der Waals surface area contributed by atoms with Gasteiger partial charge in [0.25, 0.3) is 0 Å². The van der Waals surface area contributed by atoms with E-state index in [-0.39, 0.29) is 10.6 Å². The predicted molar refractivity (Wildman–Crippen MR) is 64.2 cm³/mol. The summed E-state index contributed by atoms with van der Waals surface area (Å²) in [5.74, 6) is 0.187. The van der Waals surface area contributed by atoms with Crippen LogP contribution in [0, 0.1) is 0 Å². The minimum Gasteiger partial charge on any atom is -0.289 e. The summed E-state index contributed by atoms with van der Waals surface area (Å²) in [5, 5.41) is 0. The van der Waals surface area contributed by atoms with Gasteiger partial charge in [0.1, 0.15) is 0 Å². The molecule has 0 N–H and O–H groups in total. The molecule has 2 heteroatoms. The highest BCUT2D eigenvalue weighted by Gasteiger charge is 2.32. The molecule has 0 aromatic heterocycles. The lowest BCUT2D eigenvalue weighted by molar-refractivity contribution is 0.103. The van der Waals surface area contributed by atoms with Crippen molar-refractivity contribution < 1.29 is 4.79 Å². The molecular formula is C13H9BrO. The van der Waals surface area contributed by atoms with Gasteiger partial charge in [-0.1, -0.05) is 52.3 Å². The molecule has 0 radical (unpaired) electrons. The van der Waals surface area contributed by atoms with Gasteiger partial charge < -0.3 is 0 Å². The van der Waals surface area contributed by atoms with Crippen LogP contribution >= 0.6 is 15.9 Å². The van der Waals surface area contributed by atoms with Gasteiger partial charge in [-0.25, -0.2) is 0 Å². The normalized spacial score (nSPS) is 23.0. The molecule has 1 atom stereocenters. The molecule has 0 heterocycles. The van der Waals surface area contributed by atoms with Gasteiger partial charge in [0.2, 0.25) is 0 Å². The molecule has 0 saturated carbocycles. The van der Waals surface area contributed by atoms with Gasteiger partial charge in [0, 0.05) is 16.0 Å². The van der Waals surface area contributed by atoms with Gasteiger partial charge in [-0.2, -0.15) is 0 Å². The Morgan fingerprint density at radius 3 is 2.73 bits per heavy atom. The van der Waals surface area contributed by atoms with Gasteiger partial charge in [-0.3, -0.25) is 4.79 Å². The number of carbonyl (C=O) groups excluding carboxylic acids is 1. The Balaban J connectivity index is 2.27. The minimum absolute atomic E-state index is 0.178. The molecule has 0 amide bonds. The Bertz CT molecular complexity index is 511. The number of ketones is 1. The van der Waals surface area contributed by atoms with Crippen LogP contribution in [0.1, 0.15) is 22.3 Å². The summed E-state index contributed by atoms with van der Waals surface area (Å²) in [5.41, 5.74) is 3.96. The summed E-state index contributed by atoms with van der Waals surface area (Å²) in [4.78, 5) is 12.3. The van der Waals surface area contributed by atoms with E-state index in [1.165, 1.54) is 0 Å². The number of allylic oxidation sites excluding steroid dienone is 4. The van der Waals surface area contributed by atoms with Crippen LogP contribution in [0.5, 0.6) is 0 Å². The third-order valence-electron chi connectivity index (χ3n) is 2.94. The van der Waals surface area contributed by atoms with Crippen molar-refractivity contribution in [3.8, 4) is 0 Å². The van der Waals surface area contributed by atoms with E-state index in [1.54, 1.807) is 0 Å². The highest BCUT2D eigenvalue weighted by atomic mass is 79.9. The van der Waals surface area contributed by atoms with Crippen LogP contribution in [-0.4, -0.2) is 10.6 Å². The summed E-state index contributed by atoms with van der Waals surface area (Å²) < 4.78 is 0. The average Bonchev–Trinajstić information content (AvgIpc) is 2.55. The van der Waals surface area contributed by atoms with Crippen LogP contribution < -0.4 is 0 Å². The van der Waals surface area contributed by atoms with Crippen LogP contribution in [-0.2, 0) is 0 Å². The molecule has 1 aromatic carbocycles. The van der Waals surface area contributed by atoms with E-state index < -0.39 is 0 Å². The van der Waals surface area contributed by atoms with Gasteiger partial charge in [0.15, 0.2) is 5.78 Å². The van der Waals surface area contributed by atoms with Crippen molar-refractivity contribution in [1.82, 2.24) is 0 Å². The largest absolute Gasteiger partial charge is 0.289 e. The topological polar surface area (TPSA) is 17.1 Å². The first kappa shape index (κ1) is 9.10.